The van der Waals surface area contributed by atoms with Gasteiger partial charge in [-0.15, -0.1) is 0 Å². The van der Waals surface area contributed by atoms with Crippen LogP contribution in [-0.4, -0.2) is 31.9 Å². The van der Waals surface area contributed by atoms with Gasteiger partial charge in [-0.1, -0.05) is 103 Å². The first-order valence-corrected chi connectivity index (χ1v) is 14.4. The lowest BCUT2D eigenvalue weighted by Crippen LogP contribution is -2.28. The number of rotatable bonds is 14. The van der Waals surface area contributed by atoms with E-state index in [-0.39, 0.29) is 5.97 Å². The number of carbonyl (C=O) groups excluding carboxylic acids is 1. The number of hydrogen-bond donors (Lipinski definition) is 0. The Kier molecular flexibility index (Phi) is 11.9. The zero-order valence-electron chi connectivity index (χ0n) is 24.3. The fourth-order valence-corrected chi connectivity index (χ4v) is 4.42. The second-order valence-corrected chi connectivity index (χ2v) is 9.68. The molecule has 0 aliphatic carbocycles. The summed E-state index contributed by atoms with van der Waals surface area (Å²) in [7, 11) is 0. The molecule has 0 bridgehead atoms. The fraction of sp³-hybridized carbons (Fsp3) is 0.184. The molecule has 0 aliphatic heterocycles. The number of carbonyl (C=O) groups is 1. The third-order valence-electron chi connectivity index (χ3n) is 6.45. The van der Waals surface area contributed by atoms with Crippen LogP contribution in [0.3, 0.4) is 0 Å². The van der Waals surface area contributed by atoms with Crippen molar-refractivity contribution in [3.8, 4) is 5.75 Å². The van der Waals surface area contributed by atoms with Crippen molar-refractivity contribution in [3.63, 3.8) is 0 Å². The molecular weight excluding hydrogens is 520 g/mol. The van der Waals surface area contributed by atoms with Gasteiger partial charge in [-0.2, -0.15) is 0 Å². The first kappa shape index (κ1) is 30.3. The zero-order valence-corrected chi connectivity index (χ0v) is 24.3. The molecule has 0 radical (unpaired) electrons. The van der Waals surface area contributed by atoms with E-state index >= 15 is 0 Å². The number of hydrogen-bond acceptors (Lipinski definition) is 4. The third kappa shape index (κ3) is 10.1. The van der Waals surface area contributed by atoms with E-state index in [0.717, 1.165) is 39.1 Å². The van der Waals surface area contributed by atoms with Gasteiger partial charge in [-0.3, -0.25) is 0 Å². The monoisotopic (exact) mass is 558 g/mol. The summed E-state index contributed by atoms with van der Waals surface area (Å²) >= 11 is 0. The Morgan fingerprint density at radius 3 is 1.69 bits per heavy atom. The maximum atomic E-state index is 12.2. The maximum Gasteiger partial charge on any atom is 0.335 e. The average molecular weight is 559 g/mol. The van der Waals surface area contributed by atoms with Crippen molar-refractivity contribution < 1.29 is 19.0 Å². The standard InChI is InChI=1S/C38H38O4/c1-3-40-37(38(39)41-4-2)29-32-21-23-36(24-22-32)42-25-11-16-33-26-34(19-17-30-12-7-5-8-13-30)28-35(27-33)20-18-31-14-9-6-10-15-31/h5-24,26-28,37H,3-4,25,29H2,1-2H3. The predicted molar refractivity (Wildman–Crippen MR) is 174 cm³/mol. The van der Waals surface area contributed by atoms with Crippen LogP contribution in [-0.2, 0) is 20.7 Å². The van der Waals surface area contributed by atoms with E-state index in [1.54, 1.807) is 6.92 Å². The van der Waals surface area contributed by atoms with Crippen LogP contribution in [0.25, 0.3) is 30.4 Å². The van der Waals surface area contributed by atoms with Crippen molar-refractivity contribution in [2.24, 2.45) is 0 Å². The van der Waals surface area contributed by atoms with E-state index in [2.05, 4.69) is 72.8 Å². The molecule has 0 fully saturated rings. The van der Waals surface area contributed by atoms with Crippen LogP contribution < -0.4 is 4.74 Å². The Labute approximate surface area is 249 Å². The molecule has 0 aliphatic rings. The van der Waals surface area contributed by atoms with Crippen molar-refractivity contribution in [3.05, 3.63) is 143 Å². The summed E-state index contributed by atoms with van der Waals surface area (Å²) in [5.74, 6) is 0.432. The van der Waals surface area contributed by atoms with Crippen molar-refractivity contribution in [2.75, 3.05) is 19.8 Å². The lowest BCUT2D eigenvalue weighted by Gasteiger charge is -2.15. The molecule has 0 spiro atoms. The summed E-state index contributed by atoms with van der Waals surface area (Å²) in [5, 5.41) is 0. The van der Waals surface area contributed by atoms with E-state index in [4.69, 9.17) is 14.2 Å². The molecule has 1 atom stereocenters. The molecule has 0 heterocycles. The van der Waals surface area contributed by atoms with Gasteiger partial charge in [0.15, 0.2) is 6.10 Å². The minimum atomic E-state index is -0.601. The molecule has 214 valence electrons. The van der Waals surface area contributed by atoms with Crippen LogP contribution >= 0.6 is 0 Å². The Morgan fingerprint density at radius 2 is 1.17 bits per heavy atom. The molecule has 42 heavy (non-hydrogen) atoms. The molecule has 4 heteroatoms. The lowest BCUT2D eigenvalue weighted by atomic mass is 10.0. The normalized spacial score (nSPS) is 12.2. The van der Waals surface area contributed by atoms with Crippen LogP contribution in [0, 0.1) is 0 Å². The molecule has 4 aromatic rings. The predicted octanol–water partition coefficient (Wildman–Crippen LogP) is 8.63. The van der Waals surface area contributed by atoms with Gasteiger partial charge in [0.25, 0.3) is 0 Å². The van der Waals surface area contributed by atoms with Gasteiger partial charge in [-0.25, -0.2) is 4.79 Å². The van der Waals surface area contributed by atoms with Crippen LogP contribution in [0.2, 0.25) is 0 Å². The van der Waals surface area contributed by atoms with E-state index in [1.807, 2.05) is 73.7 Å². The Hall–Kier alpha value is -4.67. The molecule has 4 aromatic carbocycles. The summed E-state index contributed by atoms with van der Waals surface area (Å²) in [6, 6.07) is 34.9. The smallest absolute Gasteiger partial charge is 0.335 e. The van der Waals surface area contributed by atoms with Crippen LogP contribution in [0.1, 0.15) is 47.2 Å². The largest absolute Gasteiger partial charge is 0.490 e. The molecule has 1 unspecified atom stereocenters. The second kappa shape index (κ2) is 16.6. The highest BCUT2D eigenvalue weighted by Gasteiger charge is 2.20. The summed E-state index contributed by atoms with van der Waals surface area (Å²) in [6.07, 6.45) is 12.5. The van der Waals surface area contributed by atoms with E-state index in [1.165, 1.54) is 0 Å². The molecule has 0 amide bonds. The van der Waals surface area contributed by atoms with Gasteiger partial charge in [0.2, 0.25) is 0 Å². The minimum Gasteiger partial charge on any atom is -0.490 e. The van der Waals surface area contributed by atoms with Crippen molar-refractivity contribution in [1.82, 2.24) is 0 Å². The SMILES string of the molecule is CCOC(=O)C(Cc1ccc(OCC=Cc2cc(C=Cc3ccccc3)cc(C=Cc3ccccc3)c2)cc1)OCC. The fourth-order valence-electron chi connectivity index (χ4n) is 4.42. The lowest BCUT2D eigenvalue weighted by molar-refractivity contribution is -0.156. The highest BCUT2D eigenvalue weighted by molar-refractivity contribution is 5.76. The molecule has 0 aromatic heterocycles. The molecule has 0 saturated heterocycles. The minimum absolute atomic E-state index is 0.330. The summed E-state index contributed by atoms with van der Waals surface area (Å²) < 4.78 is 16.7. The van der Waals surface area contributed by atoms with Crippen LogP contribution in [0.5, 0.6) is 5.75 Å². The number of ether oxygens (including phenoxy) is 3. The first-order chi connectivity index (χ1) is 20.6. The van der Waals surface area contributed by atoms with Crippen LogP contribution in [0.4, 0.5) is 0 Å². The third-order valence-corrected chi connectivity index (χ3v) is 6.45. The molecule has 0 saturated carbocycles. The molecule has 0 N–H and O–H groups in total. The number of esters is 1. The summed E-state index contributed by atoms with van der Waals surface area (Å²) in [6.45, 7) is 4.89. The number of benzene rings is 4. The van der Waals surface area contributed by atoms with E-state index in [9.17, 15) is 4.79 Å². The van der Waals surface area contributed by atoms with Gasteiger partial charge < -0.3 is 14.2 Å². The summed E-state index contributed by atoms with van der Waals surface area (Å²) in [4.78, 5) is 12.2. The zero-order chi connectivity index (χ0) is 29.4. The first-order valence-electron chi connectivity index (χ1n) is 14.4. The quantitative estimate of drug-likeness (QED) is 0.115. The highest BCUT2D eigenvalue weighted by Crippen LogP contribution is 2.19. The Balaban J connectivity index is 1.41. The molecule has 4 nitrogen and oxygen atoms in total. The summed E-state index contributed by atoms with van der Waals surface area (Å²) in [5.41, 5.74) is 6.65. The average Bonchev–Trinajstić information content (AvgIpc) is 3.03. The van der Waals surface area contributed by atoms with Crippen LogP contribution in [0.15, 0.2) is 109 Å². The van der Waals surface area contributed by atoms with Gasteiger partial charge in [-0.05, 0) is 83.6 Å². The van der Waals surface area contributed by atoms with Gasteiger partial charge in [0.05, 0.1) is 6.61 Å². The molecular formula is C38H38O4. The molecule has 4 rings (SSSR count). The van der Waals surface area contributed by atoms with Crippen molar-refractivity contribution in [1.29, 1.82) is 0 Å². The second-order valence-electron chi connectivity index (χ2n) is 9.68. The topological polar surface area (TPSA) is 44.8 Å². The Morgan fingerprint density at radius 1 is 0.643 bits per heavy atom. The Bertz CT molecular complexity index is 1400. The van der Waals surface area contributed by atoms with Crippen molar-refractivity contribution >= 4 is 36.3 Å². The van der Waals surface area contributed by atoms with Gasteiger partial charge >= 0.3 is 5.97 Å². The highest BCUT2D eigenvalue weighted by atomic mass is 16.6. The van der Waals surface area contributed by atoms with E-state index in [0.29, 0.717) is 26.2 Å². The van der Waals surface area contributed by atoms with Gasteiger partial charge in [0.1, 0.15) is 12.4 Å². The van der Waals surface area contributed by atoms with Gasteiger partial charge in [0, 0.05) is 13.0 Å². The van der Waals surface area contributed by atoms with Crippen molar-refractivity contribution in [2.45, 2.75) is 26.4 Å². The van der Waals surface area contributed by atoms with E-state index < -0.39 is 6.10 Å². The maximum absolute atomic E-state index is 12.2.